The van der Waals surface area contributed by atoms with Gasteiger partial charge in [0.1, 0.15) is 0 Å². The number of hydrogen-bond acceptors (Lipinski definition) is 1. The Bertz CT molecular complexity index is 67.5. The Kier molecular flexibility index (Phi) is 11.3. The van der Waals surface area contributed by atoms with Crippen LogP contribution in [0, 0.1) is 5.92 Å². The molecule has 0 saturated carbocycles. The molecule has 0 atom stereocenters. The summed E-state index contributed by atoms with van der Waals surface area (Å²) in [5.41, 5.74) is 0. The van der Waals surface area contributed by atoms with Crippen LogP contribution >= 0.6 is 0 Å². The Balaban J connectivity index is 0. The normalized spacial score (nSPS) is 8.22. The summed E-state index contributed by atoms with van der Waals surface area (Å²) in [6, 6.07) is 0. The van der Waals surface area contributed by atoms with E-state index in [0.717, 1.165) is 39.0 Å². The number of carboxylic acid groups (broad SMARTS) is 1. The Morgan fingerprint density at radius 3 is 1.78 bits per heavy atom. The van der Waals surface area contributed by atoms with Crippen LogP contribution in [0.4, 0.5) is 0 Å². The van der Waals surface area contributed by atoms with Crippen LogP contribution in [0.25, 0.3) is 0 Å². The van der Waals surface area contributed by atoms with Crippen molar-refractivity contribution in [3.63, 3.8) is 0 Å². The van der Waals surface area contributed by atoms with E-state index in [1.807, 2.05) is 0 Å². The SMILES string of the molecule is CC(=O)O.CC(C)[CH2][Hg]. The van der Waals surface area contributed by atoms with Crippen molar-refractivity contribution in [1.29, 1.82) is 0 Å². The summed E-state index contributed by atoms with van der Waals surface area (Å²) in [6.45, 7) is 5.62. The van der Waals surface area contributed by atoms with Gasteiger partial charge in [-0.2, -0.15) is 0 Å². The van der Waals surface area contributed by atoms with Crippen LogP contribution in [0.2, 0.25) is 3.93 Å². The van der Waals surface area contributed by atoms with Crippen molar-refractivity contribution in [1.82, 2.24) is 0 Å². The molecule has 2 nitrogen and oxygen atoms in total. The number of rotatable bonds is 1. The van der Waals surface area contributed by atoms with E-state index < -0.39 is 5.97 Å². The first-order valence-electron chi connectivity index (χ1n) is 2.99. The Hall–Kier alpha value is 0.405. The summed E-state index contributed by atoms with van der Waals surface area (Å²) < 4.78 is 1.50. The molecule has 0 amide bonds. The summed E-state index contributed by atoms with van der Waals surface area (Å²) >= 11 is 1.04. The molecule has 1 N–H and O–H groups in total. The van der Waals surface area contributed by atoms with E-state index in [9.17, 15) is 0 Å². The third kappa shape index (κ3) is 59.6. The van der Waals surface area contributed by atoms with Crippen molar-refractivity contribution in [2.45, 2.75) is 24.7 Å². The van der Waals surface area contributed by atoms with Gasteiger partial charge in [-0.15, -0.1) is 0 Å². The molecule has 0 saturated heterocycles. The molecule has 0 aliphatic heterocycles. The monoisotopic (exact) mass is 319 g/mol. The molecule has 0 aromatic heterocycles. The molecule has 0 bridgehead atoms. The fourth-order valence-corrected chi connectivity index (χ4v) is 0. The van der Waals surface area contributed by atoms with E-state index in [1.165, 1.54) is 3.93 Å². The second-order valence-electron chi connectivity index (χ2n) is 2.20. The third-order valence-electron chi connectivity index (χ3n) is 0.577. The molecule has 0 spiro atoms. The quantitative estimate of drug-likeness (QED) is 0.748. The average molecular weight is 318 g/mol. The molecular weight excluding hydrogens is 305 g/mol. The van der Waals surface area contributed by atoms with Crippen molar-refractivity contribution in [3.8, 4) is 0 Å². The topological polar surface area (TPSA) is 37.3 Å². The van der Waals surface area contributed by atoms with Gasteiger partial charge < -0.3 is 5.11 Å². The molecule has 3 heteroatoms. The van der Waals surface area contributed by atoms with Crippen LogP contribution in [0.1, 0.15) is 20.8 Å². The van der Waals surface area contributed by atoms with E-state index in [4.69, 9.17) is 9.90 Å². The van der Waals surface area contributed by atoms with Gasteiger partial charge in [0, 0.05) is 6.92 Å². The minimum atomic E-state index is -0.833. The minimum absolute atomic E-state index is 0.833. The van der Waals surface area contributed by atoms with Crippen molar-refractivity contribution >= 4 is 5.97 Å². The molecular formula is C6H13HgO2. The molecule has 0 rings (SSSR count). The van der Waals surface area contributed by atoms with Crippen LogP contribution < -0.4 is 0 Å². The van der Waals surface area contributed by atoms with Crippen molar-refractivity contribution in [3.05, 3.63) is 0 Å². The number of carboxylic acids is 1. The van der Waals surface area contributed by atoms with Gasteiger partial charge in [-0.1, -0.05) is 0 Å². The number of aliphatic carboxylic acids is 1. The Labute approximate surface area is 72.6 Å². The van der Waals surface area contributed by atoms with Gasteiger partial charge >= 0.3 is 49.8 Å². The first kappa shape index (κ1) is 12.1. The zero-order chi connectivity index (χ0) is 7.86. The summed E-state index contributed by atoms with van der Waals surface area (Å²) in [4.78, 5) is 9.00. The molecule has 0 aliphatic carbocycles. The fourth-order valence-electron chi connectivity index (χ4n) is 0. The number of carbonyl (C=O) groups is 1. The summed E-state index contributed by atoms with van der Waals surface area (Å²) in [5, 5.41) is 7.42. The number of hydrogen-bond donors (Lipinski definition) is 1. The second kappa shape index (κ2) is 8.41. The van der Waals surface area contributed by atoms with Crippen LogP contribution in [-0.2, 0) is 30.9 Å². The maximum absolute atomic E-state index is 9.00. The van der Waals surface area contributed by atoms with Gasteiger partial charge in [-0.25, -0.2) is 0 Å². The van der Waals surface area contributed by atoms with Gasteiger partial charge in [0.05, 0.1) is 0 Å². The van der Waals surface area contributed by atoms with Crippen molar-refractivity contribution in [2.24, 2.45) is 5.92 Å². The van der Waals surface area contributed by atoms with Crippen LogP contribution in [0.3, 0.4) is 0 Å². The van der Waals surface area contributed by atoms with Gasteiger partial charge in [-0.05, 0) is 0 Å². The molecule has 0 aliphatic rings. The average Bonchev–Trinajstić information content (AvgIpc) is 1.65. The predicted molar refractivity (Wildman–Crippen MR) is 33.0 cm³/mol. The fraction of sp³-hybridized carbons (Fsp3) is 0.833. The summed E-state index contributed by atoms with van der Waals surface area (Å²) in [5.74, 6) is 0.137. The van der Waals surface area contributed by atoms with E-state index >= 15 is 0 Å². The summed E-state index contributed by atoms with van der Waals surface area (Å²) in [7, 11) is 0. The Morgan fingerprint density at radius 2 is 1.78 bits per heavy atom. The first-order valence-corrected chi connectivity index (χ1v) is 6.88. The molecule has 0 radical (unpaired) electrons. The standard InChI is InChI=1S/C4H9.C2H4O2.Hg/c1-4(2)3;1-2(3)4;/h4H,1H2,2-3H3;1H3,(H,3,4);. The predicted octanol–water partition coefficient (Wildman–Crippen LogP) is 1.70. The molecule has 0 aromatic carbocycles. The summed E-state index contributed by atoms with van der Waals surface area (Å²) in [6.07, 6.45) is 0. The van der Waals surface area contributed by atoms with E-state index in [0.29, 0.717) is 0 Å². The van der Waals surface area contributed by atoms with Gasteiger partial charge in [0.15, 0.2) is 0 Å². The third-order valence-corrected chi connectivity index (χ3v) is 5.07. The van der Waals surface area contributed by atoms with Crippen LogP contribution in [-0.4, -0.2) is 11.1 Å². The van der Waals surface area contributed by atoms with Gasteiger partial charge in [0.2, 0.25) is 0 Å². The first-order chi connectivity index (χ1) is 4.00. The molecule has 0 heterocycles. The van der Waals surface area contributed by atoms with Crippen LogP contribution in [0.15, 0.2) is 0 Å². The van der Waals surface area contributed by atoms with Crippen molar-refractivity contribution < 1.29 is 36.0 Å². The second-order valence-corrected chi connectivity index (χ2v) is 4.45. The Morgan fingerprint density at radius 1 is 1.67 bits per heavy atom. The van der Waals surface area contributed by atoms with E-state index in [1.54, 1.807) is 0 Å². The molecule has 51 valence electrons. The maximum atomic E-state index is 9.00. The molecule has 0 fully saturated rings. The van der Waals surface area contributed by atoms with Crippen molar-refractivity contribution in [2.75, 3.05) is 0 Å². The zero-order valence-corrected chi connectivity index (χ0v) is 11.8. The van der Waals surface area contributed by atoms with Gasteiger partial charge in [0.25, 0.3) is 5.97 Å². The van der Waals surface area contributed by atoms with Gasteiger partial charge in [-0.3, -0.25) is 4.79 Å². The van der Waals surface area contributed by atoms with Crippen LogP contribution in [0.5, 0.6) is 0 Å². The van der Waals surface area contributed by atoms with E-state index in [-0.39, 0.29) is 0 Å². The zero-order valence-electron chi connectivity index (χ0n) is 6.35. The molecule has 0 unspecified atom stereocenters. The van der Waals surface area contributed by atoms with E-state index in [2.05, 4.69) is 13.8 Å². The molecule has 9 heavy (non-hydrogen) atoms. The molecule has 0 aromatic rings.